The number of hydrogen-bond acceptors (Lipinski definition) is 5. The van der Waals surface area contributed by atoms with E-state index >= 15 is 0 Å². The highest BCUT2D eigenvalue weighted by Gasteiger charge is 2.11. The zero-order valence-electron chi connectivity index (χ0n) is 15.3. The van der Waals surface area contributed by atoms with Gasteiger partial charge in [0.1, 0.15) is 10.7 Å². The van der Waals surface area contributed by atoms with Crippen molar-refractivity contribution in [2.24, 2.45) is 0 Å². The van der Waals surface area contributed by atoms with E-state index in [0.717, 1.165) is 45.3 Å². The highest BCUT2D eigenvalue weighted by atomic mass is 32.1. The molecule has 4 aromatic rings. The lowest BCUT2D eigenvalue weighted by molar-refractivity contribution is 0.671. The molecule has 0 aliphatic heterocycles. The van der Waals surface area contributed by atoms with Crippen molar-refractivity contribution in [1.29, 1.82) is 0 Å². The molecule has 0 unspecified atom stereocenters. The van der Waals surface area contributed by atoms with Crippen LogP contribution in [0.2, 0.25) is 0 Å². The minimum atomic E-state index is -0.0352. The van der Waals surface area contributed by atoms with E-state index in [1.807, 2.05) is 24.6 Å². The summed E-state index contributed by atoms with van der Waals surface area (Å²) in [6.07, 6.45) is 6.17. The first-order chi connectivity index (χ1) is 13.1. The zero-order chi connectivity index (χ0) is 18.8. The van der Waals surface area contributed by atoms with Crippen molar-refractivity contribution in [2.45, 2.75) is 26.8 Å². The fourth-order valence-electron chi connectivity index (χ4n) is 3.05. The average Bonchev–Trinajstić information content (AvgIpc) is 3.28. The topological polar surface area (TPSA) is 75.6 Å². The number of H-pyrrole nitrogens is 1. The third kappa shape index (κ3) is 3.70. The quantitative estimate of drug-likeness (QED) is 0.505. The number of nitrogens with zero attached hydrogens (tertiary/aromatic N) is 3. The van der Waals surface area contributed by atoms with Gasteiger partial charge in [-0.3, -0.25) is 4.79 Å². The summed E-state index contributed by atoms with van der Waals surface area (Å²) in [5.74, 6) is 0.733. The van der Waals surface area contributed by atoms with E-state index in [-0.39, 0.29) is 5.56 Å². The molecule has 7 heteroatoms. The van der Waals surface area contributed by atoms with Gasteiger partial charge in [0.05, 0.1) is 11.7 Å². The van der Waals surface area contributed by atoms with Crippen LogP contribution in [0.4, 0.5) is 0 Å². The number of nitrogens with one attached hydrogen (secondary N) is 2. The Labute approximate surface area is 160 Å². The summed E-state index contributed by atoms with van der Waals surface area (Å²) in [4.78, 5) is 25.9. The minimum absolute atomic E-state index is 0.0352. The largest absolute Gasteiger partial charge is 0.312 e. The van der Waals surface area contributed by atoms with E-state index in [1.165, 1.54) is 5.56 Å². The first-order valence-electron chi connectivity index (χ1n) is 8.88. The molecule has 0 saturated carbocycles. The van der Waals surface area contributed by atoms with Crippen LogP contribution < -0.4 is 10.9 Å². The predicted octanol–water partition coefficient (Wildman–Crippen LogP) is 3.12. The molecule has 0 spiro atoms. The predicted molar refractivity (Wildman–Crippen MR) is 109 cm³/mol. The van der Waals surface area contributed by atoms with Crippen molar-refractivity contribution in [1.82, 2.24) is 24.8 Å². The molecular formula is C20H21N5OS. The Balaban J connectivity index is 1.35. The number of fused-ring (bicyclic) bond motifs is 1. The number of aromatic amines is 1. The highest BCUT2D eigenvalue weighted by Crippen LogP contribution is 2.25. The second-order valence-corrected chi connectivity index (χ2v) is 7.74. The molecule has 27 heavy (non-hydrogen) atoms. The molecule has 0 fully saturated rings. The number of aromatic nitrogens is 4. The fraction of sp³-hybridized carbons (Fsp3) is 0.250. The van der Waals surface area contributed by atoms with Gasteiger partial charge < -0.3 is 14.9 Å². The molecule has 0 saturated heterocycles. The smallest absolute Gasteiger partial charge is 0.259 e. The van der Waals surface area contributed by atoms with Crippen LogP contribution in [-0.4, -0.2) is 26.1 Å². The summed E-state index contributed by atoms with van der Waals surface area (Å²) < 4.78 is 1.98. The molecule has 138 valence electrons. The summed E-state index contributed by atoms with van der Waals surface area (Å²) in [5.41, 5.74) is 3.30. The summed E-state index contributed by atoms with van der Waals surface area (Å²) in [6, 6.07) is 8.36. The van der Waals surface area contributed by atoms with Crippen LogP contribution in [-0.2, 0) is 13.0 Å². The molecule has 6 nitrogen and oxygen atoms in total. The van der Waals surface area contributed by atoms with E-state index in [1.54, 1.807) is 23.9 Å². The second-order valence-electron chi connectivity index (χ2n) is 6.54. The zero-order valence-corrected chi connectivity index (χ0v) is 16.1. The summed E-state index contributed by atoms with van der Waals surface area (Å²) in [6.45, 7) is 5.53. The number of benzene rings is 1. The maximum absolute atomic E-state index is 12.3. The Morgan fingerprint density at radius 2 is 2.04 bits per heavy atom. The molecule has 0 bridgehead atoms. The molecule has 0 radical (unpaired) electrons. The number of imidazole rings is 1. The van der Waals surface area contributed by atoms with Crippen LogP contribution in [0.1, 0.15) is 21.8 Å². The van der Waals surface area contributed by atoms with Gasteiger partial charge in [-0.2, -0.15) is 0 Å². The van der Waals surface area contributed by atoms with Gasteiger partial charge in [-0.05, 0) is 37.1 Å². The third-order valence-corrected chi connectivity index (χ3v) is 5.80. The van der Waals surface area contributed by atoms with Crippen molar-refractivity contribution < 1.29 is 0 Å². The van der Waals surface area contributed by atoms with Crippen molar-refractivity contribution in [3.05, 3.63) is 75.2 Å². The van der Waals surface area contributed by atoms with Gasteiger partial charge in [-0.25, -0.2) is 9.97 Å². The van der Waals surface area contributed by atoms with E-state index in [0.29, 0.717) is 6.42 Å². The van der Waals surface area contributed by atoms with Crippen molar-refractivity contribution in [3.8, 4) is 5.69 Å². The molecule has 0 aliphatic carbocycles. The van der Waals surface area contributed by atoms with Gasteiger partial charge in [-0.15, -0.1) is 11.3 Å². The lowest BCUT2D eigenvalue weighted by Crippen LogP contribution is -2.20. The van der Waals surface area contributed by atoms with Gasteiger partial charge in [0.15, 0.2) is 0 Å². The minimum Gasteiger partial charge on any atom is -0.312 e. The van der Waals surface area contributed by atoms with E-state index in [2.05, 4.69) is 44.5 Å². The number of rotatable bonds is 6. The van der Waals surface area contributed by atoms with Crippen LogP contribution in [0.25, 0.3) is 15.9 Å². The van der Waals surface area contributed by atoms with Crippen molar-refractivity contribution >= 4 is 21.6 Å². The van der Waals surface area contributed by atoms with Crippen molar-refractivity contribution in [2.75, 3.05) is 6.54 Å². The Bertz CT molecular complexity index is 1110. The maximum Gasteiger partial charge on any atom is 0.259 e. The average molecular weight is 379 g/mol. The second kappa shape index (κ2) is 7.46. The lowest BCUT2D eigenvalue weighted by Gasteiger charge is -2.07. The van der Waals surface area contributed by atoms with Gasteiger partial charge in [0.2, 0.25) is 0 Å². The van der Waals surface area contributed by atoms with Crippen LogP contribution in [0.5, 0.6) is 0 Å². The Morgan fingerprint density at radius 3 is 2.78 bits per heavy atom. The lowest BCUT2D eigenvalue weighted by atomic mass is 10.2. The monoisotopic (exact) mass is 379 g/mol. The molecule has 3 aromatic heterocycles. The van der Waals surface area contributed by atoms with E-state index in [9.17, 15) is 4.79 Å². The number of hydrogen-bond donors (Lipinski definition) is 2. The van der Waals surface area contributed by atoms with Crippen LogP contribution >= 0.6 is 11.3 Å². The van der Waals surface area contributed by atoms with Gasteiger partial charge in [-0.1, -0.05) is 12.1 Å². The van der Waals surface area contributed by atoms with E-state index < -0.39 is 0 Å². The van der Waals surface area contributed by atoms with Gasteiger partial charge >= 0.3 is 0 Å². The van der Waals surface area contributed by atoms with Crippen LogP contribution in [0.3, 0.4) is 0 Å². The molecule has 0 aliphatic rings. The molecule has 2 N–H and O–H groups in total. The standard InChI is InChI=1S/C20H21N5OS/c1-13-14(2)27-20-18(13)19(26)23-17(24-20)7-8-21-11-15-3-5-16(6-4-15)25-10-9-22-12-25/h3-6,9-10,12,21H,7-8,11H2,1-2H3,(H,23,24,26). The Morgan fingerprint density at radius 1 is 1.22 bits per heavy atom. The Hall–Kier alpha value is -2.77. The van der Waals surface area contributed by atoms with Gasteiger partial charge in [0, 0.05) is 42.5 Å². The summed E-state index contributed by atoms with van der Waals surface area (Å²) in [5, 5.41) is 4.14. The van der Waals surface area contributed by atoms with Crippen LogP contribution in [0.15, 0.2) is 47.8 Å². The molecule has 1 aromatic carbocycles. The number of thiophene rings is 1. The molecule has 0 amide bonds. The van der Waals surface area contributed by atoms with E-state index in [4.69, 9.17) is 0 Å². The fourth-order valence-corrected chi connectivity index (χ4v) is 4.10. The molecule has 3 heterocycles. The first-order valence-corrected chi connectivity index (χ1v) is 9.70. The van der Waals surface area contributed by atoms with Crippen LogP contribution in [0, 0.1) is 13.8 Å². The van der Waals surface area contributed by atoms with Gasteiger partial charge in [0.25, 0.3) is 5.56 Å². The summed E-state index contributed by atoms with van der Waals surface area (Å²) >= 11 is 1.59. The molecule has 0 atom stereocenters. The first kappa shape index (κ1) is 17.6. The molecule has 4 rings (SSSR count). The maximum atomic E-state index is 12.3. The highest BCUT2D eigenvalue weighted by molar-refractivity contribution is 7.18. The summed E-state index contributed by atoms with van der Waals surface area (Å²) in [7, 11) is 0. The molecular weight excluding hydrogens is 358 g/mol. The number of aryl methyl sites for hydroxylation is 2. The SMILES string of the molecule is Cc1sc2nc(CCNCc3ccc(-n4ccnc4)cc3)[nH]c(=O)c2c1C. The third-order valence-electron chi connectivity index (χ3n) is 4.69. The van der Waals surface area contributed by atoms with Crippen molar-refractivity contribution in [3.63, 3.8) is 0 Å². The normalized spacial score (nSPS) is 11.3. The Kier molecular flexibility index (Phi) is 4.87.